The number of methoxy groups -OCH3 is 1. The van der Waals surface area contributed by atoms with E-state index < -0.39 is 10.0 Å². The van der Waals surface area contributed by atoms with Gasteiger partial charge in [-0.2, -0.15) is 0 Å². The smallest absolute Gasteiger partial charge is 0.242 e. The third-order valence-electron chi connectivity index (χ3n) is 2.60. The normalized spacial score (nSPS) is 11.9. The molecule has 0 atom stereocenters. The standard InChI is InChI=1S/C12H18Cl2N2O3S/c1-16(2)8-4-7-15-20(17,18)10-6-5-9(19-3)11(13)12(10)14/h5-6,15H,4,7-8H2,1-3H3. The summed E-state index contributed by atoms with van der Waals surface area (Å²) < 4.78 is 31.8. The second-order valence-electron chi connectivity index (χ2n) is 4.45. The molecule has 20 heavy (non-hydrogen) atoms. The summed E-state index contributed by atoms with van der Waals surface area (Å²) in [5.41, 5.74) is 0. The number of halogens is 2. The van der Waals surface area contributed by atoms with Crippen molar-refractivity contribution in [3.05, 3.63) is 22.2 Å². The van der Waals surface area contributed by atoms with Gasteiger partial charge in [-0.15, -0.1) is 0 Å². The van der Waals surface area contributed by atoms with Crippen molar-refractivity contribution in [1.82, 2.24) is 9.62 Å². The number of ether oxygens (including phenoxy) is 1. The van der Waals surface area contributed by atoms with Gasteiger partial charge in [-0.05, 0) is 39.2 Å². The van der Waals surface area contributed by atoms with E-state index in [0.29, 0.717) is 18.7 Å². The molecule has 1 rings (SSSR count). The van der Waals surface area contributed by atoms with Crippen LogP contribution in [0.25, 0.3) is 0 Å². The molecule has 0 fully saturated rings. The van der Waals surface area contributed by atoms with Crippen molar-refractivity contribution in [3.8, 4) is 5.75 Å². The first-order valence-corrected chi connectivity index (χ1v) is 8.20. The van der Waals surface area contributed by atoms with E-state index in [0.717, 1.165) is 6.54 Å². The molecule has 114 valence electrons. The van der Waals surface area contributed by atoms with Gasteiger partial charge in [0, 0.05) is 6.54 Å². The lowest BCUT2D eigenvalue weighted by molar-refractivity contribution is 0.400. The summed E-state index contributed by atoms with van der Waals surface area (Å²) >= 11 is 11.9. The molecule has 0 spiro atoms. The monoisotopic (exact) mass is 340 g/mol. The van der Waals surface area contributed by atoms with Gasteiger partial charge in [0.25, 0.3) is 0 Å². The predicted octanol–water partition coefficient (Wildman–Crippen LogP) is 2.23. The molecule has 0 amide bonds. The Hall–Kier alpha value is -0.530. The van der Waals surface area contributed by atoms with Gasteiger partial charge in [0.1, 0.15) is 15.7 Å². The molecule has 0 aliphatic carbocycles. The lowest BCUT2D eigenvalue weighted by atomic mass is 10.3. The van der Waals surface area contributed by atoms with Crippen molar-refractivity contribution in [2.75, 3.05) is 34.3 Å². The van der Waals surface area contributed by atoms with Crippen LogP contribution < -0.4 is 9.46 Å². The molecular weight excluding hydrogens is 323 g/mol. The molecular formula is C12H18Cl2N2O3S. The SMILES string of the molecule is COc1ccc(S(=O)(=O)NCCCN(C)C)c(Cl)c1Cl. The van der Waals surface area contributed by atoms with Crippen LogP contribution in [0.1, 0.15) is 6.42 Å². The minimum atomic E-state index is -3.68. The van der Waals surface area contributed by atoms with Crippen LogP contribution in [0.5, 0.6) is 5.75 Å². The van der Waals surface area contributed by atoms with Crippen molar-refractivity contribution in [1.29, 1.82) is 0 Å². The lowest BCUT2D eigenvalue weighted by Crippen LogP contribution is -2.27. The van der Waals surface area contributed by atoms with Gasteiger partial charge in [0.15, 0.2) is 0 Å². The van der Waals surface area contributed by atoms with Gasteiger partial charge < -0.3 is 9.64 Å². The van der Waals surface area contributed by atoms with Crippen LogP contribution in [0.3, 0.4) is 0 Å². The van der Waals surface area contributed by atoms with E-state index in [1.54, 1.807) is 0 Å². The van der Waals surface area contributed by atoms with Crippen molar-refractivity contribution in [2.45, 2.75) is 11.3 Å². The Bertz CT molecular complexity index is 562. The maximum absolute atomic E-state index is 12.1. The van der Waals surface area contributed by atoms with Crippen molar-refractivity contribution < 1.29 is 13.2 Å². The molecule has 8 heteroatoms. The average molecular weight is 341 g/mol. The maximum atomic E-state index is 12.1. The maximum Gasteiger partial charge on any atom is 0.242 e. The first-order valence-electron chi connectivity index (χ1n) is 5.96. The van der Waals surface area contributed by atoms with E-state index in [-0.39, 0.29) is 14.9 Å². The van der Waals surface area contributed by atoms with E-state index in [9.17, 15) is 8.42 Å². The number of rotatable bonds is 7. The molecule has 1 N–H and O–H groups in total. The highest BCUT2D eigenvalue weighted by Crippen LogP contribution is 2.36. The third-order valence-corrected chi connectivity index (χ3v) is 5.08. The molecule has 5 nitrogen and oxygen atoms in total. The van der Waals surface area contributed by atoms with Gasteiger partial charge >= 0.3 is 0 Å². The molecule has 0 unspecified atom stereocenters. The Morgan fingerprint density at radius 2 is 1.90 bits per heavy atom. The molecule has 1 aromatic carbocycles. The fourth-order valence-corrected chi connectivity index (χ4v) is 3.47. The molecule has 0 aromatic heterocycles. The van der Waals surface area contributed by atoms with E-state index in [2.05, 4.69) is 4.72 Å². The Morgan fingerprint density at radius 1 is 1.25 bits per heavy atom. The minimum Gasteiger partial charge on any atom is -0.495 e. The minimum absolute atomic E-state index is 0.0360. The first kappa shape index (κ1) is 17.5. The van der Waals surface area contributed by atoms with E-state index in [1.807, 2.05) is 19.0 Å². The highest BCUT2D eigenvalue weighted by Gasteiger charge is 2.21. The van der Waals surface area contributed by atoms with Gasteiger partial charge in [0.2, 0.25) is 10.0 Å². The lowest BCUT2D eigenvalue weighted by Gasteiger charge is -2.12. The average Bonchev–Trinajstić information content (AvgIpc) is 2.37. The number of benzene rings is 1. The number of sulfonamides is 1. The second-order valence-corrected chi connectivity index (χ2v) is 6.94. The Morgan fingerprint density at radius 3 is 2.45 bits per heavy atom. The van der Waals surface area contributed by atoms with Gasteiger partial charge in [-0.1, -0.05) is 23.2 Å². The van der Waals surface area contributed by atoms with Crippen LogP contribution in [-0.2, 0) is 10.0 Å². The Balaban J connectivity index is 2.85. The summed E-state index contributed by atoms with van der Waals surface area (Å²) in [5.74, 6) is 0.336. The molecule has 1 aromatic rings. The zero-order chi connectivity index (χ0) is 15.3. The van der Waals surface area contributed by atoms with E-state index in [4.69, 9.17) is 27.9 Å². The van der Waals surface area contributed by atoms with Gasteiger partial charge in [-0.3, -0.25) is 0 Å². The molecule has 0 heterocycles. The highest BCUT2D eigenvalue weighted by molar-refractivity contribution is 7.89. The zero-order valence-corrected chi connectivity index (χ0v) is 13.9. The van der Waals surface area contributed by atoms with Crippen LogP contribution in [-0.4, -0.2) is 47.6 Å². The van der Waals surface area contributed by atoms with Crippen LogP contribution in [0.15, 0.2) is 17.0 Å². The first-order chi connectivity index (χ1) is 9.29. The largest absolute Gasteiger partial charge is 0.495 e. The summed E-state index contributed by atoms with van der Waals surface area (Å²) in [6.07, 6.45) is 0.702. The fourth-order valence-electron chi connectivity index (χ4n) is 1.56. The molecule has 0 saturated carbocycles. The Labute approximate surface area is 129 Å². The number of nitrogens with one attached hydrogen (secondary N) is 1. The second kappa shape index (κ2) is 7.47. The molecule has 0 radical (unpaired) electrons. The number of hydrogen-bond acceptors (Lipinski definition) is 4. The number of nitrogens with zero attached hydrogens (tertiary/aromatic N) is 1. The molecule has 0 aliphatic rings. The van der Waals surface area contributed by atoms with Crippen LogP contribution in [0, 0.1) is 0 Å². The third kappa shape index (κ3) is 4.49. The summed E-state index contributed by atoms with van der Waals surface area (Å²) in [5, 5.41) is 0.0523. The van der Waals surface area contributed by atoms with Crippen LogP contribution in [0.2, 0.25) is 10.0 Å². The predicted molar refractivity (Wildman–Crippen MR) is 81.4 cm³/mol. The van der Waals surface area contributed by atoms with E-state index in [1.165, 1.54) is 19.2 Å². The zero-order valence-electron chi connectivity index (χ0n) is 11.6. The molecule has 0 aliphatic heterocycles. The number of hydrogen-bond donors (Lipinski definition) is 1. The summed E-state index contributed by atoms with van der Waals surface area (Å²) in [7, 11) is 1.61. The van der Waals surface area contributed by atoms with Crippen molar-refractivity contribution >= 4 is 33.2 Å². The van der Waals surface area contributed by atoms with Crippen molar-refractivity contribution in [3.63, 3.8) is 0 Å². The highest BCUT2D eigenvalue weighted by atomic mass is 35.5. The quantitative estimate of drug-likeness (QED) is 0.773. The van der Waals surface area contributed by atoms with E-state index >= 15 is 0 Å². The summed E-state index contributed by atoms with van der Waals surface area (Å²) in [6.45, 7) is 1.13. The van der Waals surface area contributed by atoms with Crippen molar-refractivity contribution in [2.24, 2.45) is 0 Å². The molecule has 0 bridgehead atoms. The van der Waals surface area contributed by atoms with Crippen LogP contribution in [0.4, 0.5) is 0 Å². The fraction of sp³-hybridized carbons (Fsp3) is 0.500. The topological polar surface area (TPSA) is 58.6 Å². The molecule has 0 saturated heterocycles. The van der Waals surface area contributed by atoms with Gasteiger partial charge in [0.05, 0.1) is 12.1 Å². The summed E-state index contributed by atoms with van der Waals surface area (Å²) in [6, 6.07) is 2.85. The van der Waals surface area contributed by atoms with Gasteiger partial charge in [-0.25, -0.2) is 13.1 Å². The Kier molecular flexibility index (Phi) is 6.54. The van der Waals surface area contributed by atoms with Crippen LogP contribution >= 0.6 is 23.2 Å². The summed E-state index contributed by atoms with van der Waals surface area (Å²) in [4.78, 5) is 1.93.